The van der Waals surface area contributed by atoms with Gasteiger partial charge in [-0.05, 0) is 37.1 Å². The summed E-state index contributed by atoms with van der Waals surface area (Å²) in [6.45, 7) is 0.408. The van der Waals surface area contributed by atoms with Gasteiger partial charge in [-0.2, -0.15) is 0 Å². The number of hydrogen-bond acceptors (Lipinski definition) is 5. The first-order chi connectivity index (χ1) is 11.8. The number of rotatable bonds is 8. The second kappa shape index (κ2) is 8.41. The number of methoxy groups -OCH3 is 1. The van der Waals surface area contributed by atoms with Crippen LogP contribution < -0.4 is 10.0 Å². The van der Waals surface area contributed by atoms with Crippen LogP contribution in [0.1, 0.15) is 29.6 Å². The van der Waals surface area contributed by atoms with Gasteiger partial charge in [0.05, 0.1) is 17.4 Å². The number of carbonyl (C=O) groups is 2. The Morgan fingerprint density at radius 3 is 2.52 bits per heavy atom. The first kappa shape index (κ1) is 19.4. The van der Waals surface area contributed by atoms with Crippen molar-refractivity contribution in [3.8, 4) is 0 Å². The van der Waals surface area contributed by atoms with E-state index in [1.165, 1.54) is 31.4 Å². The Bertz CT molecular complexity index is 717. The lowest BCUT2D eigenvalue weighted by molar-refractivity contribution is -0.142. The number of sulfonamides is 1. The maximum Gasteiger partial charge on any atom is 0.308 e. The molecular weight excluding hydrogens is 348 g/mol. The van der Waals surface area contributed by atoms with Gasteiger partial charge in [-0.15, -0.1) is 0 Å². The van der Waals surface area contributed by atoms with Crippen molar-refractivity contribution in [2.45, 2.75) is 30.2 Å². The summed E-state index contributed by atoms with van der Waals surface area (Å²) in [5, 5.41) is 11.9. The van der Waals surface area contributed by atoms with Gasteiger partial charge in [-0.3, -0.25) is 9.59 Å². The third-order valence-corrected chi connectivity index (χ3v) is 5.65. The van der Waals surface area contributed by atoms with Crippen LogP contribution in [0.4, 0.5) is 0 Å². The molecule has 2 atom stereocenters. The molecule has 9 heteroatoms. The van der Waals surface area contributed by atoms with Crippen LogP contribution in [0.5, 0.6) is 0 Å². The van der Waals surface area contributed by atoms with Gasteiger partial charge in [-0.25, -0.2) is 13.1 Å². The van der Waals surface area contributed by atoms with Gasteiger partial charge < -0.3 is 15.2 Å². The number of nitrogens with one attached hydrogen (secondary N) is 2. The molecule has 1 aromatic rings. The van der Waals surface area contributed by atoms with E-state index < -0.39 is 33.9 Å². The molecule has 3 N–H and O–H groups in total. The highest BCUT2D eigenvalue weighted by Gasteiger charge is 2.34. The van der Waals surface area contributed by atoms with E-state index in [1.54, 1.807) is 0 Å². The third-order valence-electron chi connectivity index (χ3n) is 4.17. The summed E-state index contributed by atoms with van der Waals surface area (Å²) < 4.78 is 31.3. The van der Waals surface area contributed by atoms with E-state index in [0.29, 0.717) is 12.8 Å². The number of amides is 1. The standard InChI is InChI=1S/C16H22N2O6S/c1-24-10-9-17-25(22,23)12-7-5-11(6-8-12)15(19)18-14-4-2-3-13(14)16(20)21/h5-8,13-14,17H,2-4,9-10H2,1H3,(H,18,19)(H,20,21)/t13-,14+/m0/s1. The molecule has 1 aliphatic rings. The van der Waals surface area contributed by atoms with E-state index in [4.69, 9.17) is 9.84 Å². The zero-order valence-corrected chi connectivity index (χ0v) is 14.7. The highest BCUT2D eigenvalue weighted by molar-refractivity contribution is 7.89. The number of ether oxygens (including phenoxy) is 1. The summed E-state index contributed by atoms with van der Waals surface area (Å²) in [4.78, 5) is 23.5. The second-order valence-corrected chi connectivity index (χ2v) is 7.64. The molecule has 8 nitrogen and oxygen atoms in total. The van der Waals surface area contributed by atoms with Gasteiger partial charge in [0.15, 0.2) is 0 Å². The van der Waals surface area contributed by atoms with Crippen LogP contribution in [0.3, 0.4) is 0 Å². The summed E-state index contributed by atoms with van der Waals surface area (Å²) >= 11 is 0. The SMILES string of the molecule is COCCNS(=O)(=O)c1ccc(C(=O)N[C@@H]2CCC[C@@H]2C(=O)O)cc1. The van der Waals surface area contributed by atoms with Gasteiger partial charge in [0.25, 0.3) is 5.91 Å². The predicted molar refractivity (Wildman–Crippen MR) is 89.7 cm³/mol. The molecule has 0 radical (unpaired) electrons. The Hall–Kier alpha value is -1.97. The third kappa shape index (κ3) is 5.00. The summed E-state index contributed by atoms with van der Waals surface area (Å²) in [6.07, 6.45) is 1.93. The molecule has 0 aromatic heterocycles. The number of carbonyl (C=O) groups excluding carboxylic acids is 1. The second-order valence-electron chi connectivity index (χ2n) is 5.87. The quantitative estimate of drug-likeness (QED) is 0.576. The zero-order valence-electron chi connectivity index (χ0n) is 13.9. The zero-order chi connectivity index (χ0) is 18.4. The first-order valence-electron chi connectivity index (χ1n) is 7.97. The van der Waals surface area contributed by atoms with E-state index in [-0.39, 0.29) is 23.6 Å². The molecule has 0 bridgehead atoms. The number of carboxylic acid groups (broad SMARTS) is 1. The molecule has 138 valence electrons. The molecule has 0 spiro atoms. The molecule has 1 fully saturated rings. The van der Waals surface area contributed by atoms with Crippen molar-refractivity contribution in [2.24, 2.45) is 5.92 Å². The Kier molecular flexibility index (Phi) is 6.51. The Balaban J connectivity index is 2.01. The number of carboxylic acids is 1. The smallest absolute Gasteiger partial charge is 0.308 e. The van der Waals surface area contributed by atoms with E-state index in [9.17, 15) is 18.0 Å². The molecule has 1 saturated carbocycles. The fourth-order valence-corrected chi connectivity index (χ4v) is 3.84. The number of benzene rings is 1. The molecule has 0 aliphatic heterocycles. The van der Waals surface area contributed by atoms with Crippen molar-refractivity contribution in [3.05, 3.63) is 29.8 Å². The molecular formula is C16H22N2O6S. The van der Waals surface area contributed by atoms with E-state index in [2.05, 4.69) is 10.0 Å². The van der Waals surface area contributed by atoms with Crippen LogP contribution in [0.25, 0.3) is 0 Å². The lowest BCUT2D eigenvalue weighted by atomic mass is 10.0. The van der Waals surface area contributed by atoms with E-state index >= 15 is 0 Å². The Morgan fingerprint density at radius 1 is 1.24 bits per heavy atom. The molecule has 1 aliphatic carbocycles. The molecule has 1 aromatic carbocycles. The summed E-state index contributed by atoms with van der Waals surface area (Å²) in [5.41, 5.74) is 0.284. The normalized spacial score (nSPS) is 20.4. The minimum absolute atomic E-state index is 0.0458. The van der Waals surface area contributed by atoms with Crippen LogP contribution in [0, 0.1) is 5.92 Å². The van der Waals surface area contributed by atoms with Crippen molar-refractivity contribution in [3.63, 3.8) is 0 Å². The highest BCUT2D eigenvalue weighted by atomic mass is 32.2. The largest absolute Gasteiger partial charge is 0.481 e. The van der Waals surface area contributed by atoms with Crippen LogP contribution in [-0.2, 0) is 19.6 Å². The van der Waals surface area contributed by atoms with Gasteiger partial charge >= 0.3 is 5.97 Å². The maximum absolute atomic E-state index is 12.3. The fourth-order valence-electron chi connectivity index (χ4n) is 2.83. The summed E-state index contributed by atoms with van der Waals surface area (Å²) in [5.74, 6) is -1.89. The van der Waals surface area contributed by atoms with Crippen molar-refractivity contribution in [1.29, 1.82) is 0 Å². The fraction of sp³-hybridized carbons (Fsp3) is 0.500. The lowest BCUT2D eigenvalue weighted by Crippen LogP contribution is -2.40. The van der Waals surface area contributed by atoms with E-state index in [0.717, 1.165) is 6.42 Å². The minimum atomic E-state index is -3.66. The maximum atomic E-state index is 12.3. The summed E-state index contributed by atoms with van der Waals surface area (Å²) in [7, 11) is -2.18. The molecule has 0 unspecified atom stereocenters. The average Bonchev–Trinajstić information content (AvgIpc) is 3.03. The van der Waals surface area contributed by atoms with Crippen LogP contribution >= 0.6 is 0 Å². The first-order valence-corrected chi connectivity index (χ1v) is 9.46. The Morgan fingerprint density at radius 2 is 1.92 bits per heavy atom. The molecule has 0 saturated heterocycles. The lowest BCUT2D eigenvalue weighted by Gasteiger charge is -2.17. The average molecular weight is 370 g/mol. The van der Waals surface area contributed by atoms with Crippen LogP contribution in [0.15, 0.2) is 29.2 Å². The Labute approximate surface area is 146 Å². The van der Waals surface area contributed by atoms with Gasteiger partial charge in [0.2, 0.25) is 10.0 Å². The molecule has 1 amide bonds. The van der Waals surface area contributed by atoms with Crippen molar-refractivity contribution in [1.82, 2.24) is 10.0 Å². The molecule has 25 heavy (non-hydrogen) atoms. The van der Waals surface area contributed by atoms with Crippen LogP contribution in [-0.4, -0.2) is 51.7 Å². The van der Waals surface area contributed by atoms with Crippen molar-refractivity contribution in [2.75, 3.05) is 20.3 Å². The van der Waals surface area contributed by atoms with Crippen LogP contribution in [0.2, 0.25) is 0 Å². The molecule has 2 rings (SSSR count). The highest BCUT2D eigenvalue weighted by Crippen LogP contribution is 2.26. The van der Waals surface area contributed by atoms with Crippen molar-refractivity contribution < 1.29 is 27.9 Å². The van der Waals surface area contributed by atoms with Gasteiger partial charge in [0.1, 0.15) is 0 Å². The topological polar surface area (TPSA) is 122 Å². The molecule has 0 heterocycles. The predicted octanol–water partition coefficient (Wildman–Crippen LogP) is 0.594. The minimum Gasteiger partial charge on any atom is -0.481 e. The summed E-state index contributed by atoms with van der Waals surface area (Å²) in [6, 6.07) is 5.10. The monoisotopic (exact) mass is 370 g/mol. The van der Waals surface area contributed by atoms with Crippen molar-refractivity contribution >= 4 is 21.9 Å². The van der Waals surface area contributed by atoms with Gasteiger partial charge in [-0.1, -0.05) is 6.42 Å². The number of hydrogen-bond donors (Lipinski definition) is 3. The van der Waals surface area contributed by atoms with E-state index in [1.807, 2.05) is 0 Å². The van der Waals surface area contributed by atoms with Gasteiger partial charge in [0, 0.05) is 25.3 Å². The number of aliphatic carboxylic acids is 1.